The summed E-state index contributed by atoms with van der Waals surface area (Å²) in [6.07, 6.45) is 6.85. The Bertz CT molecular complexity index is 897. The van der Waals surface area contributed by atoms with E-state index in [9.17, 15) is 4.79 Å². The van der Waals surface area contributed by atoms with Crippen molar-refractivity contribution < 1.29 is 9.21 Å². The third kappa shape index (κ3) is 3.41. The monoisotopic (exact) mass is 371 g/mol. The highest BCUT2D eigenvalue weighted by Gasteiger charge is 2.18. The summed E-state index contributed by atoms with van der Waals surface area (Å²) in [6, 6.07) is 3.66. The van der Waals surface area contributed by atoms with Crippen LogP contribution < -0.4 is 5.32 Å². The maximum absolute atomic E-state index is 12.5. The summed E-state index contributed by atoms with van der Waals surface area (Å²) in [5.74, 6) is 2.55. The summed E-state index contributed by atoms with van der Waals surface area (Å²) >= 11 is 1.46. The largest absolute Gasteiger partial charge is 0.462 e. The lowest BCUT2D eigenvalue weighted by Gasteiger charge is -2.07. The second-order valence-corrected chi connectivity index (χ2v) is 7.60. The summed E-state index contributed by atoms with van der Waals surface area (Å²) in [6.45, 7) is 3.39. The van der Waals surface area contributed by atoms with Gasteiger partial charge in [0.2, 0.25) is 0 Å². The second-order valence-electron chi connectivity index (χ2n) is 6.40. The van der Waals surface area contributed by atoms with Gasteiger partial charge in [0.05, 0.1) is 6.26 Å². The number of hydrogen-bond acceptors (Lipinski definition) is 6. The molecule has 0 radical (unpaired) electrons. The van der Waals surface area contributed by atoms with Gasteiger partial charge in [-0.1, -0.05) is 6.42 Å². The van der Waals surface area contributed by atoms with Crippen molar-refractivity contribution in [1.82, 2.24) is 25.1 Å². The average molecular weight is 371 g/mol. The Balaban J connectivity index is 1.38. The van der Waals surface area contributed by atoms with Crippen LogP contribution in [0.1, 0.15) is 46.3 Å². The molecule has 26 heavy (non-hydrogen) atoms. The smallest absolute Gasteiger partial charge is 0.271 e. The first kappa shape index (κ1) is 17.0. The minimum atomic E-state index is -0.160. The molecule has 136 valence electrons. The third-order valence-corrected chi connectivity index (χ3v) is 5.55. The van der Waals surface area contributed by atoms with Gasteiger partial charge in [-0.3, -0.25) is 4.79 Å². The first-order chi connectivity index (χ1) is 12.7. The Kier molecular flexibility index (Phi) is 4.83. The van der Waals surface area contributed by atoms with Crippen molar-refractivity contribution in [1.29, 1.82) is 0 Å². The zero-order valence-electron chi connectivity index (χ0n) is 14.7. The minimum absolute atomic E-state index is 0.160. The van der Waals surface area contributed by atoms with Crippen LogP contribution in [0.5, 0.6) is 0 Å². The molecule has 1 aliphatic heterocycles. The van der Waals surface area contributed by atoms with E-state index in [-0.39, 0.29) is 5.91 Å². The molecule has 0 unspecified atom stereocenters. The van der Waals surface area contributed by atoms with E-state index in [1.807, 2.05) is 19.1 Å². The fraction of sp³-hybridized carbons (Fsp3) is 0.444. The number of amides is 1. The number of nitrogens with zero attached hydrogens (tertiary/aromatic N) is 4. The molecule has 0 aliphatic carbocycles. The number of carbonyl (C=O) groups is 1. The van der Waals surface area contributed by atoms with E-state index in [4.69, 9.17) is 4.42 Å². The number of aromatic nitrogens is 4. The lowest BCUT2D eigenvalue weighted by atomic mass is 10.2. The van der Waals surface area contributed by atoms with E-state index < -0.39 is 0 Å². The van der Waals surface area contributed by atoms with E-state index in [0.717, 1.165) is 40.9 Å². The summed E-state index contributed by atoms with van der Waals surface area (Å²) in [4.78, 5) is 17.8. The van der Waals surface area contributed by atoms with Crippen molar-refractivity contribution in [3.63, 3.8) is 0 Å². The number of thiazole rings is 1. The van der Waals surface area contributed by atoms with E-state index in [2.05, 4.69) is 25.1 Å². The summed E-state index contributed by atoms with van der Waals surface area (Å²) in [7, 11) is 0. The lowest BCUT2D eigenvalue weighted by molar-refractivity contribution is 0.0949. The molecule has 0 spiro atoms. The van der Waals surface area contributed by atoms with Gasteiger partial charge >= 0.3 is 0 Å². The van der Waals surface area contributed by atoms with E-state index in [1.54, 1.807) is 6.26 Å². The van der Waals surface area contributed by atoms with Crippen LogP contribution >= 0.6 is 11.3 Å². The van der Waals surface area contributed by atoms with Gasteiger partial charge in [-0.15, -0.1) is 21.5 Å². The molecule has 1 aliphatic rings. The van der Waals surface area contributed by atoms with Gasteiger partial charge in [-0.25, -0.2) is 4.98 Å². The van der Waals surface area contributed by atoms with E-state index in [1.165, 1.54) is 24.2 Å². The van der Waals surface area contributed by atoms with Crippen molar-refractivity contribution in [3.8, 4) is 10.8 Å². The van der Waals surface area contributed by atoms with Crippen LogP contribution in [-0.2, 0) is 19.4 Å². The Hall–Kier alpha value is -2.48. The number of hydrogen-bond donors (Lipinski definition) is 1. The van der Waals surface area contributed by atoms with Gasteiger partial charge in [0.25, 0.3) is 5.91 Å². The molecule has 0 aromatic carbocycles. The first-order valence-corrected chi connectivity index (χ1v) is 9.74. The van der Waals surface area contributed by atoms with Crippen LogP contribution in [0.15, 0.2) is 22.8 Å². The van der Waals surface area contributed by atoms with Crippen LogP contribution in [0.4, 0.5) is 0 Å². The Morgan fingerprint density at radius 2 is 2.27 bits per heavy atom. The summed E-state index contributed by atoms with van der Waals surface area (Å²) in [5.41, 5.74) is 0.460. The lowest BCUT2D eigenvalue weighted by Crippen LogP contribution is -2.27. The molecule has 1 N–H and O–H groups in total. The highest BCUT2D eigenvalue weighted by Crippen LogP contribution is 2.27. The summed E-state index contributed by atoms with van der Waals surface area (Å²) in [5, 5.41) is 12.3. The maximum Gasteiger partial charge on any atom is 0.271 e. The normalized spacial score (nSPS) is 14.0. The standard InChI is InChI=1S/C18H21N5O2S/c1-12-16(20-18(26-12)13-6-5-11-25-13)17(24)19-9-8-15-22-21-14-7-3-2-4-10-23(14)15/h5-6,11H,2-4,7-10H2,1H3,(H,19,24). The van der Waals surface area contributed by atoms with E-state index >= 15 is 0 Å². The average Bonchev–Trinajstić information content (AvgIpc) is 3.33. The summed E-state index contributed by atoms with van der Waals surface area (Å²) < 4.78 is 7.57. The minimum Gasteiger partial charge on any atom is -0.462 e. The number of rotatable bonds is 5. The topological polar surface area (TPSA) is 85.8 Å². The van der Waals surface area contributed by atoms with Crippen LogP contribution in [0.2, 0.25) is 0 Å². The highest BCUT2D eigenvalue weighted by atomic mass is 32.1. The van der Waals surface area contributed by atoms with Crippen LogP contribution in [0.25, 0.3) is 10.8 Å². The molecule has 1 amide bonds. The predicted octanol–water partition coefficient (Wildman–Crippen LogP) is 3.00. The first-order valence-electron chi connectivity index (χ1n) is 8.93. The maximum atomic E-state index is 12.5. The van der Waals surface area contributed by atoms with Gasteiger partial charge in [0.1, 0.15) is 17.3 Å². The zero-order valence-corrected chi connectivity index (χ0v) is 15.5. The second kappa shape index (κ2) is 7.41. The Morgan fingerprint density at radius 3 is 3.12 bits per heavy atom. The van der Waals surface area contributed by atoms with E-state index in [0.29, 0.717) is 24.4 Å². The molecule has 0 saturated carbocycles. The molecule has 3 aromatic rings. The molecule has 8 heteroatoms. The molecule has 7 nitrogen and oxygen atoms in total. The molecule has 0 fully saturated rings. The number of nitrogens with one attached hydrogen (secondary N) is 1. The molecule has 0 saturated heterocycles. The third-order valence-electron chi connectivity index (χ3n) is 4.56. The SMILES string of the molecule is Cc1sc(-c2ccco2)nc1C(=O)NCCc1nnc2n1CCCCC2. The van der Waals surface area contributed by atoms with Crippen molar-refractivity contribution >= 4 is 17.2 Å². The van der Waals surface area contributed by atoms with Gasteiger partial charge in [-0.05, 0) is 31.9 Å². The number of furan rings is 1. The predicted molar refractivity (Wildman–Crippen MR) is 98.2 cm³/mol. The molecule has 0 atom stereocenters. The van der Waals surface area contributed by atoms with Gasteiger partial charge < -0.3 is 14.3 Å². The molecular weight excluding hydrogens is 350 g/mol. The van der Waals surface area contributed by atoms with Crippen LogP contribution in [0, 0.1) is 6.92 Å². The molecule has 4 rings (SSSR count). The van der Waals surface area contributed by atoms with Crippen molar-refractivity contribution in [2.24, 2.45) is 0 Å². The molecule has 0 bridgehead atoms. The van der Waals surface area contributed by atoms with Gasteiger partial charge in [-0.2, -0.15) is 0 Å². The van der Waals surface area contributed by atoms with Gasteiger partial charge in [0, 0.05) is 30.8 Å². The van der Waals surface area contributed by atoms with Crippen molar-refractivity contribution in [2.75, 3.05) is 6.54 Å². The number of fused-ring (bicyclic) bond motifs is 1. The number of carbonyl (C=O) groups excluding carboxylic acids is 1. The van der Waals surface area contributed by atoms with Crippen LogP contribution in [-0.4, -0.2) is 32.2 Å². The molecule has 3 aromatic heterocycles. The molecular formula is C18H21N5O2S. The number of aryl methyl sites for hydroxylation is 2. The van der Waals surface area contributed by atoms with Crippen molar-refractivity contribution in [3.05, 3.63) is 40.6 Å². The fourth-order valence-electron chi connectivity index (χ4n) is 3.21. The fourth-order valence-corrected chi connectivity index (χ4v) is 4.09. The van der Waals surface area contributed by atoms with Crippen LogP contribution in [0.3, 0.4) is 0 Å². The quantitative estimate of drug-likeness (QED) is 0.745. The highest BCUT2D eigenvalue weighted by molar-refractivity contribution is 7.15. The zero-order chi connectivity index (χ0) is 17.9. The van der Waals surface area contributed by atoms with Gasteiger partial charge in [0.15, 0.2) is 10.8 Å². The van der Waals surface area contributed by atoms with Crippen molar-refractivity contribution in [2.45, 2.75) is 45.6 Å². The Labute approximate surface area is 155 Å². The molecule has 4 heterocycles. The Morgan fingerprint density at radius 1 is 1.35 bits per heavy atom.